The molecule has 0 unspecified atom stereocenters. The highest BCUT2D eigenvalue weighted by Crippen LogP contribution is 1.85. The fourth-order valence-electron chi connectivity index (χ4n) is 0.892. The molecule has 0 aliphatic carbocycles. The van der Waals surface area contributed by atoms with Gasteiger partial charge in [0.25, 0.3) is 0 Å². The first kappa shape index (κ1) is 9.50. The topological polar surface area (TPSA) is 8.81 Å². The fraction of sp³-hybridized carbons (Fsp3) is 0.571. The molecule has 2 nitrogen and oxygen atoms in total. The third-order valence-electron chi connectivity index (χ3n) is 1.31. The summed E-state index contributed by atoms with van der Waals surface area (Å²) in [7, 11) is 2.03. The number of nitrogens with zero attached hydrogens (tertiary/aromatic N) is 2. The fourth-order valence-corrected chi connectivity index (χ4v) is 0.892. The van der Waals surface area contributed by atoms with E-state index < -0.39 is 0 Å². The molecule has 0 radical (unpaired) electrons. The van der Waals surface area contributed by atoms with Crippen molar-refractivity contribution < 1.29 is 17.0 Å². The van der Waals surface area contributed by atoms with Crippen molar-refractivity contribution in [1.29, 1.82) is 0 Å². The molecule has 0 amide bonds. The van der Waals surface area contributed by atoms with Gasteiger partial charge in [-0.05, 0) is 6.42 Å². The van der Waals surface area contributed by atoms with E-state index in [0.717, 1.165) is 6.54 Å². The molecule has 0 saturated heterocycles. The van der Waals surface area contributed by atoms with Crippen LogP contribution in [0.15, 0.2) is 18.7 Å². The van der Waals surface area contributed by atoms with Gasteiger partial charge in [0.2, 0.25) is 6.33 Å². The second-order valence-corrected chi connectivity index (χ2v) is 2.32. The van der Waals surface area contributed by atoms with Gasteiger partial charge in [-0.25, -0.2) is 9.13 Å². The molecule has 0 atom stereocenters. The Morgan fingerprint density at radius 2 is 2.20 bits per heavy atom. The van der Waals surface area contributed by atoms with Crippen LogP contribution in [-0.4, -0.2) is 4.57 Å². The molecule has 1 heterocycles. The Balaban J connectivity index is 0.000000810. The lowest BCUT2D eigenvalue weighted by molar-refractivity contribution is -0.671. The van der Waals surface area contributed by atoms with E-state index in [2.05, 4.69) is 34.8 Å². The van der Waals surface area contributed by atoms with E-state index in [4.69, 9.17) is 0 Å². The summed E-state index contributed by atoms with van der Waals surface area (Å²) >= 11 is 0. The molecule has 0 N–H and O–H groups in total. The van der Waals surface area contributed by atoms with Crippen molar-refractivity contribution in [2.75, 3.05) is 0 Å². The molecule has 10 heavy (non-hydrogen) atoms. The summed E-state index contributed by atoms with van der Waals surface area (Å²) in [5.74, 6) is 0. The first-order valence-corrected chi connectivity index (χ1v) is 3.34. The van der Waals surface area contributed by atoms with Crippen molar-refractivity contribution in [2.45, 2.75) is 19.9 Å². The van der Waals surface area contributed by atoms with Crippen LogP contribution in [0.1, 0.15) is 13.3 Å². The third kappa shape index (κ3) is 2.40. The number of hydrogen-bond donors (Lipinski definition) is 0. The predicted octanol–water partition coefficient (Wildman–Crippen LogP) is -2.27. The van der Waals surface area contributed by atoms with Gasteiger partial charge in [0.15, 0.2) is 0 Å². The third-order valence-corrected chi connectivity index (χ3v) is 1.31. The smallest absolute Gasteiger partial charge is 0.243 e. The van der Waals surface area contributed by atoms with Gasteiger partial charge in [-0.2, -0.15) is 0 Å². The highest BCUT2D eigenvalue weighted by Gasteiger charge is 1.94. The highest BCUT2D eigenvalue weighted by atomic mass is 35.5. The molecule has 3 heteroatoms. The average Bonchev–Trinajstić information content (AvgIpc) is 2.17. The summed E-state index contributed by atoms with van der Waals surface area (Å²) in [6, 6.07) is 0. The molecule has 1 rings (SSSR count). The van der Waals surface area contributed by atoms with Gasteiger partial charge in [0.05, 0.1) is 13.6 Å². The Labute approximate surface area is 67.9 Å². The summed E-state index contributed by atoms with van der Waals surface area (Å²) in [6.07, 6.45) is 7.43. The summed E-state index contributed by atoms with van der Waals surface area (Å²) in [5, 5.41) is 0. The van der Waals surface area contributed by atoms with Crippen LogP contribution in [-0.2, 0) is 13.6 Å². The Morgan fingerprint density at radius 3 is 2.60 bits per heavy atom. The van der Waals surface area contributed by atoms with Crippen molar-refractivity contribution >= 4 is 0 Å². The maximum absolute atomic E-state index is 2.18. The first-order valence-electron chi connectivity index (χ1n) is 3.34. The van der Waals surface area contributed by atoms with Gasteiger partial charge in [-0.1, -0.05) is 6.92 Å². The van der Waals surface area contributed by atoms with Crippen molar-refractivity contribution in [2.24, 2.45) is 7.05 Å². The highest BCUT2D eigenvalue weighted by molar-refractivity contribution is 4.64. The minimum Gasteiger partial charge on any atom is -1.00 e. The molecule has 0 spiro atoms. The van der Waals surface area contributed by atoms with E-state index in [1.165, 1.54) is 6.42 Å². The largest absolute Gasteiger partial charge is 1.00 e. The second-order valence-electron chi connectivity index (χ2n) is 2.32. The zero-order chi connectivity index (χ0) is 6.69. The van der Waals surface area contributed by atoms with Crippen LogP contribution < -0.4 is 17.0 Å². The SMILES string of the molecule is CCCn1cc[n+](C)c1.[Cl-]. The molecule has 0 bridgehead atoms. The zero-order valence-corrected chi connectivity index (χ0v) is 7.17. The minimum atomic E-state index is 0. The maximum Gasteiger partial charge on any atom is 0.243 e. The van der Waals surface area contributed by atoms with E-state index >= 15 is 0 Å². The Bertz CT molecular complexity index is 183. The molecular formula is C7H13ClN2. The number of hydrogen-bond acceptors (Lipinski definition) is 0. The van der Waals surface area contributed by atoms with Crippen molar-refractivity contribution in [3.63, 3.8) is 0 Å². The van der Waals surface area contributed by atoms with Crippen molar-refractivity contribution in [1.82, 2.24) is 4.57 Å². The van der Waals surface area contributed by atoms with Crippen molar-refractivity contribution in [3.8, 4) is 0 Å². The van der Waals surface area contributed by atoms with E-state index in [0.29, 0.717) is 0 Å². The van der Waals surface area contributed by atoms with Crippen LogP contribution in [0.2, 0.25) is 0 Å². The summed E-state index contributed by atoms with van der Waals surface area (Å²) in [6.45, 7) is 3.31. The predicted molar refractivity (Wildman–Crippen MR) is 35.9 cm³/mol. The van der Waals surface area contributed by atoms with Gasteiger partial charge >= 0.3 is 0 Å². The van der Waals surface area contributed by atoms with Gasteiger partial charge < -0.3 is 12.4 Å². The van der Waals surface area contributed by atoms with Crippen LogP contribution in [0.3, 0.4) is 0 Å². The lowest BCUT2D eigenvalue weighted by atomic mass is 10.5. The Morgan fingerprint density at radius 1 is 1.50 bits per heavy atom. The molecule has 0 aliphatic heterocycles. The molecule has 1 aromatic rings. The van der Waals surface area contributed by atoms with Crippen LogP contribution in [0.4, 0.5) is 0 Å². The Hall–Kier alpha value is -0.500. The molecule has 1 aromatic heterocycles. The van der Waals surface area contributed by atoms with E-state index in [-0.39, 0.29) is 12.4 Å². The number of aryl methyl sites for hydroxylation is 2. The maximum atomic E-state index is 2.18. The van der Waals surface area contributed by atoms with Crippen LogP contribution >= 0.6 is 0 Å². The monoisotopic (exact) mass is 160 g/mol. The number of imidazole rings is 1. The second kappa shape index (κ2) is 4.34. The number of aromatic nitrogens is 2. The lowest BCUT2D eigenvalue weighted by Gasteiger charge is -1.86. The quantitative estimate of drug-likeness (QED) is 0.432. The molecule has 0 fully saturated rings. The summed E-state index contributed by atoms with van der Waals surface area (Å²) in [4.78, 5) is 0. The zero-order valence-electron chi connectivity index (χ0n) is 6.42. The molecule has 0 aromatic carbocycles. The summed E-state index contributed by atoms with van der Waals surface area (Å²) in [5.41, 5.74) is 0. The standard InChI is InChI=1S/C7H13N2.ClH/c1-3-4-9-6-5-8(2)7-9;/h5-7H,3-4H2,1-2H3;1H/q+1;/p-1. The minimum absolute atomic E-state index is 0. The van der Waals surface area contributed by atoms with E-state index in [1.54, 1.807) is 0 Å². The molecule has 0 aliphatic rings. The van der Waals surface area contributed by atoms with Crippen molar-refractivity contribution in [3.05, 3.63) is 18.7 Å². The van der Waals surface area contributed by atoms with Gasteiger partial charge in [-0.15, -0.1) is 0 Å². The summed E-state index contributed by atoms with van der Waals surface area (Å²) < 4.78 is 4.23. The molecule has 0 saturated carbocycles. The van der Waals surface area contributed by atoms with Gasteiger partial charge in [0.1, 0.15) is 12.4 Å². The van der Waals surface area contributed by atoms with Crippen LogP contribution in [0.25, 0.3) is 0 Å². The van der Waals surface area contributed by atoms with Crippen LogP contribution in [0.5, 0.6) is 0 Å². The average molecular weight is 161 g/mol. The van der Waals surface area contributed by atoms with Crippen LogP contribution in [0, 0.1) is 0 Å². The van der Waals surface area contributed by atoms with E-state index in [9.17, 15) is 0 Å². The number of rotatable bonds is 2. The van der Waals surface area contributed by atoms with E-state index in [1.807, 2.05) is 7.05 Å². The lowest BCUT2D eigenvalue weighted by Crippen LogP contribution is -3.00. The molecular weight excluding hydrogens is 148 g/mol. The first-order chi connectivity index (χ1) is 4.33. The van der Waals surface area contributed by atoms with Gasteiger partial charge in [0, 0.05) is 0 Å². The Kier molecular flexibility index (Phi) is 4.12. The van der Waals surface area contributed by atoms with Gasteiger partial charge in [-0.3, -0.25) is 0 Å². The molecule has 58 valence electrons. The normalized spacial score (nSPS) is 9.00. The number of halogens is 1.